The molecule has 0 aliphatic rings. The molecule has 1 amide bonds. The highest BCUT2D eigenvalue weighted by Gasteiger charge is 2.14. The van der Waals surface area contributed by atoms with E-state index in [0.717, 1.165) is 22.3 Å². The van der Waals surface area contributed by atoms with Crippen LogP contribution in [0, 0.1) is 0 Å². The Hall–Kier alpha value is -1.86. The Morgan fingerprint density at radius 1 is 1.29 bits per heavy atom. The van der Waals surface area contributed by atoms with Crippen molar-refractivity contribution in [2.75, 3.05) is 0 Å². The molecule has 0 spiro atoms. The largest absolute Gasteiger partial charge is 0.366 e. The van der Waals surface area contributed by atoms with Gasteiger partial charge in [-0.05, 0) is 31.5 Å². The third-order valence-electron chi connectivity index (χ3n) is 3.04. The third kappa shape index (κ3) is 3.62. The van der Waals surface area contributed by atoms with Crippen LogP contribution >= 0.6 is 11.8 Å². The number of benzene rings is 1. The first-order chi connectivity index (χ1) is 10.0. The molecule has 112 valence electrons. The summed E-state index contributed by atoms with van der Waals surface area (Å²) in [6.45, 7) is 4.53. The topological polar surface area (TPSA) is 99.8 Å². The number of thioether (sulfide) groups is 1. The number of carbonyl (C=O) groups excluding carboxylic acids is 1. The number of amides is 1. The number of nitrogens with two attached hydrogens (primary N) is 2. The third-order valence-corrected chi connectivity index (χ3v) is 4.05. The van der Waals surface area contributed by atoms with Gasteiger partial charge in [-0.25, -0.2) is 0 Å². The Morgan fingerprint density at radius 2 is 1.95 bits per heavy atom. The van der Waals surface area contributed by atoms with Crippen LogP contribution in [0.5, 0.6) is 0 Å². The van der Waals surface area contributed by atoms with Crippen LogP contribution in [0.25, 0.3) is 0 Å². The number of primary amides is 1. The van der Waals surface area contributed by atoms with Crippen molar-refractivity contribution in [1.82, 2.24) is 14.8 Å². The summed E-state index contributed by atoms with van der Waals surface area (Å²) in [5.74, 6) is 1.12. The Balaban J connectivity index is 2.09. The van der Waals surface area contributed by atoms with Gasteiger partial charge in [-0.3, -0.25) is 4.79 Å². The lowest BCUT2D eigenvalue weighted by atomic mass is 10.1. The van der Waals surface area contributed by atoms with Crippen LogP contribution < -0.4 is 11.5 Å². The fourth-order valence-corrected chi connectivity index (χ4v) is 3.02. The van der Waals surface area contributed by atoms with Crippen LogP contribution in [0.1, 0.15) is 41.6 Å². The molecule has 21 heavy (non-hydrogen) atoms. The number of hydrogen-bond acceptors (Lipinski definition) is 5. The van der Waals surface area contributed by atoms with Crippen molar-refractivity contribution in [2.45, 2.75) is 37.3 Å². The lowest BCUT2D eigenvalue weighted by Crippen LogP contribution is -2.11. The molecule has 0 fully saturated rings. The van der Waals surface area contributed by atoms with E-state index in [-0.39, 0.29) is 6.04 Å². The second kappa shape index (κ2) is 6.73. The van der Waals surface area contributed by atoms with Gasteiger partial charge in [0.25, 0.3) is 0 Å². The van der Waals surface area contributed by atoms with E-state index in [0.29, 0.717) is 12.1 Å². The van der Waals surface area contributed by atoms with Crippen molar-refractivity contribution in [3.8, 4) is 0 Å². The molecule has 2 aromatic rings. The van der Waals surface area contributed by atoms with Crippen LogP contribution in [-0.2, 0) is 12.3 Å². The van der Waals surface area contributed by atoms with E-state index in [2.05, 4.69) is 24.0 Å². The van der Waals surface area contributed by atoms with E-state index >= 15 is 0 Å². The second-order valence-corrected chi connectivity index (χ2v) is 5.86. The minimum Gasteiger partial charge on any atom is -0.366 e. The first-order valence-corrected chi connectivity index (χ1v) is 7.67. The predicted molar refractivity (Wildman–Crippen MR) is 82.8 cm³/mol. The van der Waals surface area contributed by atoms with Gasteiger partial charge in [0, 0.05) is 17.4 Å². The van der Waals surface area contributed by atoms with Gasteiger partial charge in [-0.15, -0.1) is 10.2 Å². The minimum atomic E-state index is -0.415. The maximum atomic E-state index is 11.0. The Labute approximate surface area is 127 Å². The minimum absolute atomic E-state index is 0.262. The molecule has 7 heteroatoms. The molecule has 1 heterocycles. The lowest BCUT2D eigenvalue weighted by molar-refractivity contribution is 0.100. The van der Waals surface area contributed by atoms with Gasteiger partial charge in [-0.2, -0.15) is 0 Å². The molecule has 0 unspecified atom stereocenters. The van der Waals surface area contributed by atoms with Crippen LogP contribution in [0.15, 0.2) is 29.4 Å². The van der Waals surface area contributed by atoms with Crippen molar-refractivity contribution < 1.29 is 4.79 Å². The molecule has 4 N–H and O–H groups in total. The molecule has 0 saturated carbocycles. The molecule has 0 bridgehead atoms. The molecule has 1 aromatic heterocycles. The lowest BCUT2D eigenvalue weighted by Gasteiger charge is -2.12. The fourth-order valence-electron chi connectivity index (χ4n) is 1.98. The summed E-state index contributed by atoms with van der Waals surface area (Å²) in [6.07, 6.45) is 0. The highest BCUT2D eigenvalue weighted by atomic mass is 32.2. The van der Waals surface area contributed by atoms with Crippen molar-refractivity contribution in [2.24, 2.45) is 11.5 Å². The van der Waals surface area contributed by atoms with E-state index < -0.39 is 5.91 Å². The zero-order valence-corrected chi connectivity index (χ0v) is 12.9. The van der Waals surface area contributed by atoms with Crippen LogP contribution in [0.4, 0.5) is 0 Å². The maximum absolute atomic E-state index is 11.0. The summed E-state index contributed by atoms with van der Waals surface area (Å²) < 4.78 is 2.04. The molecule has 0 saturated heterocycles. The quantitative estimate of drug-likeness (QED) is 0.791. The molecule has 6 nitrogen and oxygen atoms in total. The standard InChI is InChI=1S/C14H19N5OS/c1-9(2)19-12(7-15)17-18-14(19)21-8-10-3-5-11(6-4-10)13(16)20/h3-6,9H,7-8,15H2,1-2H3,(H2,16,20). The first-order valence-electron chi connectivity index (χ1n) is 6.68. The SMILES string of the molecule is CC(C)n1c(CN)nnc1SCc1ccc(C(N)=O)cc1. The molecule has 2 rings (SSSR count). The zero-order chi connectivity index (χ0) is 15.4. The van der Waals surface area contributed by atoms with Gasteiger partial charge in [0.2, 0.25) is 5.91 Å². The van der Waals surface area contributed by atoms with Gasteiger partial charge < -0.3 is 16.0 Å². The van der Waals surface area contributed by atoms with E-state index in [1.807, 2.05) is 16.7 Å². The first kappa shape index (κ1) is 15.5. The Morgan fingerprint density at radius 3 is 2.48 bits per heavy atom. The van der Waals surface area contributed by atoms with Crippen LogP contribution in [-0.4, -0.2) is 20.7 Å². The summed E-state index contributed by atoms with van der Waals surface area (Å²) in [7, 11) is 0. The maximum Gasteiger partial charge on any atom is 0.248 e. The van der Waals surface area contributed by atoms with E-state index in [9.17, 15) is 4.79 Å². The predicted octanol–water partition coefficient (Wildman–Crippen LogP) is 1.71. The van der Waals surface area contributed by atoms with Gasteiger partial charge >= 0.3 is 0 Å². The van der Waals surface area contributed by atoms with Gasteiger partial charge in [0.15, 0.2) is 5.16 Å². The average Bonchev–Trinajstić information content (AvgIpc) is 2.88. The van der Waals surface area contributed by atoms with E-state index in [1.54, 1.807) is 23.9 Å². The highest BCUT2D eigenvalue weighted by Crippen LogP contribution is 2.25. The molecular formula is C14H19N5OS. The average molecular weight is 305 g/mol. The van der Waals surface area contributed by atoms with E-state index in [4.69, 9.17) is 11.5 Å². The monoisotopic (exact) mass is 305 g/mol. The fraction of sp³-hybridized carbons (Fsp3) is 0.357. The van der Waals surface area contributed by atoms with Gasteiger partial charge in [-0.1, -0.05) is 23.9 Å². The number of rotatable bonds is 6. The normalized spacial score (nSPS) is 11.0. The summed E-state index contributed by atoms with van der Waals surface area (Å²) >= 11 is 1.60. The van der Waals surface area contributed by atoms with Crippen molar-refractivity contribution in [3.63, 3.8) is 0 Å². The van der Waals surface area contributed by atoms with Crippen LogP contribution in [0.3, 0.4) is 0 Å². The number of hydrogen-bond donors (Lipinski definition) is 2. The van der Waals surface area contributed by atoms with Crippen LogP contribution in [0.2, 0.25) is 0 Å². The van der Waals surface area contributed by atoms with Crippen molar-refractivity contribution >= 4 is 17.7 Å². The Kier molecular flexibility index (Phi) is 4.98. The van der Waals surface area contributed by atoms with Crippen molar-refractivity contribution in [1.29, 1.82) is 0 Å². The summed E-state index contributed by atoms with van der Waals surface area (Å²) in [5.41, 5.74) is 12.5. The Bertz CT molecular complexity index is 621. The van der Waals surface area contributed by atoms with Crippen molar-refractivity contribution in [3.05, 3.63) is 41.2 Å². The van der Waals surface area contributed by atoms with E-state index in [1.165, 1.54) is 0 Å². The summed E-state index contributed by atoms with van der Waals surface area (Å²) in [5, 5.41) is 9.15. The molecule has 0 aliphatic heterocycles. The second-order valence-electron chi connectivity index (χ2n) is 4.92. The number of carbonyl (C=O) groups is 1. The summed E-state index contributed by atoms with van der Waals surface area (Å²) in [4.78, 5) is 11.0. The molecule has 0 atom stereocenters. The van der Waals surface area contributed by atoms with Gasteiger partial charge in [0.1, 0.15) is 5.82 Å². The molecule has 0 radical (unpaired) electrons. The molecular weight excluding hydrogens is 286 g/mol. The molecule has 1 aromatic carbocycles. The van der Waals surface area contributed by atoms with Gasteiger partial charge in [0.05, 0.1) is 6.54 Å². The smallest absolute Gasteiger partial charge is 0.248 e. The number of aromatic nitrogens is 3. The zero-order valence-electron chi connectivity index (χ0n) is 12.1. The molecule has 0 aliphatic carbocycles. The highest BCUT2D eigenvalue weighted by molar-refractivity contribution is 7.98. The summed E-state index contributed by atoms with van der Waals surface area (Å²) in [6, 6.07) is 7.52. The number of nitrogens with zero attached hydrogens (tertiary/aromatic N) is 3.